The molecule has 112 valence electrons. The molecule has 0 unspecified atom stereocenters. The maximum absolute atomic E-state index is 12.4. The summed E-state index contributed by atoms with van der Waals surface area (Å²) >= 11 is 0. The van der Waals surface area contributed by atoms with E-state index < -0.39 is 5.97 Å². The van der Waals surface area contributed by atoms with Gasteiger partial charge in [0.1, 0.15) is 0 Å². The van der Waals surface area contributed by atoms with Gasteiger partial charge in [0.05, 0.1) is 17.0 Å². The number of rotatable bonds is 5. The third-order valence-corrected chi connectivity index (χ3v) is 3.31. The van der Waals surface area contributed by atoms with Crippen LogP contribution < -0.4 is 0 Å². The molecule has 0 atom stereocenters. The van der Waals surface area contributed by atoms with Crippen LogP contribution in [-0.2, 0) is 4.79 Å². The van der Waals surface area contributed by atoms with Gasteiger partial charge in [0.2, 0.25) is 0 Å². The zero-order chi connectivity index (χ0) is 15.6. The molecule has 0 bridgehead atoms. The minimum atomic E-state index is -0.859. The zero-order valence-electron chi connectivity index (χ0n) is 12.3. The molecule has 0 saturated heterocycles. The molecule has 0 saturated carbocycles. The molecule has 7 heteroatoms. The predicted molar refractivity (Wildman–Crippen MR) is 76.3 cm³/mol. The van der Waals surface area contributed by atoms with Crippen molar-refractivity contribution in [1.29, 1.82) is 0 Å². The lowest BCUT2D eigenvalue weighted by atomic mass is 10.2. The van der Waals surface area contributed by atoms with Gasteiger partial charge >= 0.3 is 5.97 Å². The maximum atomic E-state index is 12.4. The summed E-state index contributed by atoms with van der Waals surface area (Å²) in [5, 5.41) is 12.9. The summed E-state index contributed by atoms with van der Waals surface area (Å²) < 4.78 is 1.65. The van der Waals surface area contributed by atoms with E-state index in [0.29, 0.717) is 24.2 Å². The maximum Gasteiger partial charge on any atom is 0.303 e. The first-order chi connectivity index (χ1) is 9.90. The number of fused-ring (bicyclic) bond motifs is 1. The van der Waals surface area contributed by atoms with E-state index in [-0.39, 0.29) is 12.3 Å². The van der Waals surface area contributed by atoms with Gasteiger partial charge in [0, 0.05) is 32.3 Å². The zero-order valence-corrected chi connectivity index (χ0v) is 12.3. The SMILES string of the molecule is Cc1cc2ncc(C(=O)N(C)CCCC(=O)O)c(C)n2n1. The number of aromatic nitrogens is 3. The summed E-state index contributed by atoms with van der Waals surface area (Å²) in [7, 11) is 1.65. The molecule has 0 spiro atoms. The largest absolute Gasteiger partial charge is 0.481 e. The number of hydrogen-bond acceptors (Lipinski definition) is 4. The Balaban J connectivity index is 2.18. The standard InChI is InChI=1S/C14H18N4O3/c1-9-7-12-15-8-11(10(2)18(12)16-9)14(21)17(3)6-4-5-13(19)20/h7-8H,4-6H2,1-3H3,(H,19,20). The predicted octanol–water partition coefficient (Wildman–Crippen LogP) is 1.28. The van der Waals surface area contributed by atoms with Crippen LogP contribution in [0.5, 0.6) is 0 Å². The van der Waals surface area contributed by atoms with Gasteiger partial charge in [-0.3, -0.25) is 9.59 Å². The van der Waals surface area contributed by atoms with E-state index >= 15 is 0 Å². The highest BCUT2D eigenvalue weighted by Crippen LogP contribution is 2.13. The number of carboxylic acids is 1. The van der Waals surface area contributed by atoms with Gasteiger partial charge in [0.25, 0.3) is 5.91 Å². The van der Waals surface area contributed by atoms with Gasteiger partial charge in [-0.15, -0.1) is 0 Å². The molecular weight excluding hydrogens is 272 g/mol. The highest BCUT2D eigenvalue weighted by Gasteiger charge is 2.17. The minimum Gasteiger partial charge on any atom is -0.481 e. The average molecular weight is 290 g/mol. The third-order valence-electron chi connectivity index (χ3n) is 3.31. The van der Waals surface area contributed by atoms with E-state index in [1.807, 2.05) is 19.9 Å². The molecule has 1 amide bonds. The van der Waals surface area contributed by atoms with Crippen molar-refractivity contribution in [2.45, 2.75) is 26.7 Å². The molecule has 0 radical (unpaired) electrons. The molecule has 2 aromatic heterocycles. The van der Waals surface area contributed by atoms with Crippen LogP contribution in [0.15, 0.2) is 12.3 Å². The second kappa shape index (κ2) is 5.90. The summed E-state index contributed by atoms with van der Waals surface area (Å²) in [6, 6.07) is 1.85. The number of nitrogens with zero attached hydrogens (tertiary/aromatic N) is 4. The van der Waals surface area contributed by atoms with Crippen molar-refractivity contribution in [1.82, 2.24) is 19.5 Å². The molecule has 1 N–H and O–H groups in total. The van der Waals surface area contributed by atoms with Gasteiger partial charge < -0.3 is 10.0 Å². The Morgan fingerprint density at radius 1 is 1.38 bits per heavy atom. The highest BCUT2D eigenvalue weighted by atomic mass is 16.4. The van der Waals surface area contributed by atoms with Crippen LogP contribution >= 0.6 is 0 Å². The number of aliphatic carboxylic acids is 1. The minimum absolute atomic E-state index is 0.0479. The number of amides is 1. The number of hydrogen-bond donors (Lipinski definition) is 1. The van der Waals surface area contributed by atoms with Crippen molar-refractivity contribution in [3.05, 3.63) is 29.2 Å². The summed E-state index contributed by atoms with van der Waals surface area (Å²) in [5.41, 5.74) is 2.74. The van der Waals surface area contributed by atoms with Crippen LogP contribution in [0.1, 0.15) is 34.6 Å². The van der Waals surface area contributed by atoms with E-state index in [2.05, 4.69) is 10.1 Å². The van der Waals surface area contributed by atoms with Gasteiger partial charge in [-0.05, 0) is 20.3 Å². The van der Waals surface area contributed by atoms with Crippen LogP contribution in [0, 0.1) is 13.8 Å². The van der Waals surface area contributed by atoms with E-state index in [1.165, 1.54) is 4.90 Å². The van der Waals surface area contributed by atoms with Crippen molar-refractivity contribution in [2.24, 2.45) is 0 Å². The Bertz CT molecular complexity index is 693. The smallest absolute Gasteiger partial charge is 0.303 e. The van der Waals surface area contributed by atoms with Gasteiger partial charge in [-0.1, -0.05) is 0 Å². The summed E-state index contributed by atoms with van der Waals surface area (Å²) in [4.78, 5) is 28.6. The van der Waals surface area contributed by atoms with Gasteiger partial charge in [-0.2, -0.15) is 5.10 Å². The monoisotopic (exact) mass is 290 g/mol. The number of carboxylic acid groups (broad SMARTS) is 1. The topological polar surface area (TPSA) is 87.8 Å². The number of aryl methyl sites for hydroxylation is 2. The first-order valence-corrected chi connectivity index (χ1v) is 6.69. The second-order valence-electron chi connectivity index (χ2n) is 5.04. The van der Waals surface area contributed by atoms with Crippen LogP contribution in [0.4, 0.5) is 0 Å². The van der Waals surface area contributed by atoms with E-state index in [0.717, 1.165) is 11.4 Å². The number of carbonyl (C=O) groups excluding carboxylic acids is 1. The highest BCUT2D eigenvalue weighted by molar-refractivity contribution is 5.95. The average Bonchev–Trinajstić information content (AvgIpc) is 2.79. The Kier molecular flexibility index (Phi) is 4.21. The molecule has 2 rings (SSSR count). The Morgan fingerprint density at radius 2 is 2.10 bits per heavy atom. The Morgan fingerprint density at radius 3 is 2.76 bits per heavy atom. The van der Waals surface area contributed by atoms with Crippen LogP contribution in [-0.4, -0.2) is 50.1 Å². The molecule has 7 nitrogen and oxygen atoms in total. The van der Waals surface area contributed by atoms with Crippen molar-refractivity contribution in [3.63, 3.8) is 0 Å². The van der Waals surface area contributed by atoms with Gasteiger partial charge in [0.15, 0.2) is 5.65 Å². The molecule has 0 fully saturated rings. The molecule has 0 aliphatic carbocycles. The molecule has 21 heavy (non-hydrogen) atoms. The lowest BCUT2D eigenvalue weighted by Gasteiger charge is -2.17. The number of carbonyl (C=O) groups is 2. The van der Waals surface area contributed by atoms with E-state index in [1.54, 1.807) is 17.8 Å². The fourth-order valence-corrected chi connectivity index (χ4v) is 2.15. The van der Waals surface area contributed by atoms with Crippen LogP contribution in [0.25, 0.3) is 5.65 Å². The normalized spacial score (nSPS) is 10.8. The quantitative estimate of drug-likeness (QED) is 0.896. The lowest BCUT2D eigenvalue weighted by molar-refractivity contribution is -0.137. The molecule has 0 aliphatic heterocycles. The van der Waals surface area contributed by atoms with Crippen LogP contribution in [0.3, 0.4) is 0 Å². The molecule has 0 aliphatic rings. The Labute approximate surface area is 122 Å². The van der Waals surface area contributed by atoms with Crippen molar-refractivity contribution in [3.8, 4) is 0 Å². The summed E-state index contributed by atoms with van der Waals surface area (Å²) in [6.45, 7) is 4.08. The molecule has 0 aromatic carbocycles. The Hall–Kier alpha value is -2.44. The molecular formula is C14H18N4O3. The fourth-order valence-electron chi connectivity index (χ4n) is 2.15. The van der Waals surface area contributed by atoms with Crippen molar-refractivity contribution < 1.29 is 14.7 Å². The molecule has 2 aromatic rings. The molecule has 2 heterocycles. The van der Waals surface area contributed by atoms with E-state index in [4.69, 9.17) is 5.11 Å². The fraction of sp³-hybridized carbons (Fsp3) is 0.429. The summed E-state index contributed by atoms with van der Waals surface area (Å²) in [6.07, 6.45) is 2.02. The van der Waals surface area contributed by atoms with Crippen molar-refractivity contribution >= 4 is 17.5 Å². The second-order valence-corrected chi connectivity index (χ2v) is 5.04. The third kappa shape index (κ3) is 3.18. The van der Waals surface area contributed by atoms with Crippen LogP contribution in [0.2, 0.25) is 0 Å². The first-order valence-electron chi connectivity index (χ1n) is 6.69. The lowest BCUT2D eigenvalue weighted by Crippen LogP contribution is -2.29. The first kappa shape index (κ1) is 15.0. The van der Waals surface area contributed by atoms with Gasteiger partial charge in [-0.25, -0.2) is 9.50 Å². The van der Waals surface area contributed by atoms with Crippen molar-refractivity contribution in [2.75, 3.05) is 13.6 Å². The van der Waals surface area contributed by atoms with E-state index in [9.17, 15) is 9.59 Å². The summed E-state index contributed by atoms with van der Waals surface area (Å²) in [5.74, 6) is -1.04.